The molecule has 0 fully saturated rings. The highest BCUT2D eigenvalue weighted by Gasteiger charge is 2.33. The van der Waals surface area contributed by atoms with Gasteiger partial charge in [0.25, 0.3) is 0 Å². The molecule has 0 radical (unpaired) electrons. The Morgan fingerprint density at radius 2 is 1.93 bits per heavy atom. The van der Waals surface area contributed by atoms with Crippen molar-refractivity contribution in [3.63, 3.8) is 0 Å². The lowest BCUT2D eigenvalue weighted by atomic mass is 9.81. The minimum Gasteiger partial charge on any atom is -0.396 e. The maximum atomic E-state index is 8.98. The van der Waals surface area contributed by atoms with Crippen LogP contribution in [0.2, 0.25) is 0 Å². The molecule has 0 amide bonds. The number of rotatable bonds is 8. The molecule has 0 aliphatic heterocycles. The first-order valence-corrected chi connectivity index (χ1v) is 5.75. The Morgan fingerprint density at radius 1 is 1.33 bits per heavy atom. The van der Waals surface area contributed by atoms with Crippen LogP contribution in [0.3, 0.4) is 0 Å². The van der Waals surface area contributed by atoms with E-state index in [0.29, 0.717) is 13.0 Å². The fraction of sp³-hybridized carbons (Fsp3) is 1.00. The summed E-state index contributed by atoms with van der Waals surface area (Å²) in [5.74, 6) is 0. The minimum absolute atomic E-state index is 0.0122. The molecule has 3 heteroatoms. The predicted molar refractivity (Wildman–Crippen MR) is 62.0 cm³/mol. The van der Waals surface area contributed by atoms with E-state index in [0.717, 1.165) is 6.42 Å². The third kappa shape index (κ3) is 4.96. The fourth-order valence-corrected chi connectivity index (χ4v) is 1.65. The predicted octanol–water partition coefficient (Wildman–Crippen LogP) is 2.23. The smallest absolute Gasteiger partial charge is 0.0668 e. The summed E-state index contributed by atoms with van der Waals surface area (Å²) in [7, 11) is 1.70. The molecule has 2 atom stereocenters. The van der Waals surface area contributed by atoms with Gasteiger partial charge in [-0.25, -0.2) is 0 Å². The van der Waals surface area contributed by atoms with Crippen molar-refractivity contribution < 1.29 is 14.6 Å². The van der Waals surface area contributed by atoms with Gasteiger partial charge in [0, 0.05) is 19.1 Å². The van der Waals surface area contributed by atoms with Gasteiger partial charge in [0.1, 0.15) is 0 Å². The maximum Gasteiger partial charge on any atom is 0.0668 e. The Labute approximate surface area is 93.8 Å². The van der Waals surface area contributed by atoms with Crippen molar-refractivity contribution in [2.75, 3.05) is 20.3 Å². The van der Waals surface area contributed by atoms with E-state index in [-0.39, 0.29) is 24.2 Å². The largest absolute Gasteiger partial charge is 0.396 e. The van der Waals surface area contributed by atoms with Crippen molar-refractivity contribution in [2.24, 2.45) is 5.41 Å². The normalized spacial score (nSPS) is 17.8. The third-order valence-electron chi connectivity index (χ3n) is 3.01. The number of aliphatic hydroxyl groups excluding tert-OH is 1. The number of methoxy groups -OCH3 is 1. The molecule has 15 heavy (non-hydrogen) atoms. The number of hydrogen-bond acceptors (Lipinski definition) is 3. The average molecular weight is 218 g/mol. The number of aliphatic hydroxyl groups is 1. The SMILES string of the molecule is CCC(C)(COC(C)C)C(CCO)OC. The highest BCUT2D eigenvalue weighted by molar-refractivity contribution is 4.82. The number of ether oxygens (including phenoxy) is 2. The van der Waals surface area contributed by atoms with Crippen LogP contribution in [0.5, 0.6) is 0 Å². The molecule has 92 valence electrons. The zero-order valence-electron chi connectivity index (χ0n) is 10.7. The first-order valence-electron chi connectivity index (χ1n) is 5.75. The van der Waals surface area contributed by atoms with Crippen molar-refractivity contribution in [3.8, 4) is 0 Å². The van der Waals surface area contributed by atoms with E-state index in [1.54, 1.807) is 7.11 Å². The summed E-state index contributed by atoms with van der Waals surface area (Å²) in [6.45, 7) is 9.19. The standard InChI is InChI=1S/C12H26O3/c1-6-12(4,9-15-10(2)3)11(14-5)7-8-13/h10-11,13H,6-9H2,1-5H3. The molecule has 0 aromatic heterocycles. The summed E-state index contributed by atoms with van der Waals surface area (Å²) < 4.78 is 11.1. The monoisotopic (exact) mass is 218 g/mol. The Bertz CT molecular complexity index is 159. The Hall–Kier alpha value is -0.120. The molecular formula is C12H26O3. The van der Waals surface area contributed by atoms with Crippen LogP contribution < -0.4 is 0 Å². The van der Waals surface area contributed by atoms with Gasteiger partial charge in [-0.2, -0.15) is 0 Å². The van der Waals surface area contributed by atoms with Crippen LogP contribution in [-0.4, -0.2) is 37.6 Å². The van der Waals surface area contributed by atoms with Crippen molar-refractivity contribution in [1.29, 1.82) is 0 Å². The van der Waals surface area contributed by atoms with Gasteiger partial charge in [0.2, 0.25) is 0 Å². The second kappa shape index (κ2) is 7.20. The average Bonchev–Trinajstić information content (AvgIpc) is 2.22. The summed E-state index contributed by atoms with van der Waals surface area (Å²) in [6.07, 6.45) is 1.95. The van der Waals surface area contributed by atoms with E-state index in [1.165, 1.54) is 0 Å². The molecule has 0 spiro atoms. The van der Waals surface area contributed by atoms with Crippen LogP contribution in [0.15, 0.2) is 0 Å². The summed E-state index contributed by atoms with van der Waals surface area (Å²) >= 11 is 0. The fourth-order valence-electron chi connectivity index (χ4n) is 1.65. The van der Waals surface area contributed by atoms with E-state index >= 15 is 0 Å². The van der Waals surface area contributed by atoms with E-state index in [1.807, 2.05) is 13.8 Å². The van der Waals surface area contributed by atoms with Crippen LogP contribution in [0.4, 0.5) is 0 Å². The van der Waals surface area contributed by atoms with Gasteiger partial charge in [-0.15, -0.1) is 0 Å². The van der Waals surface area contributed by atoms with E-state index in [4.69, 9.17) is 14.6 Å². The summed E-state index contributed by atoms with van der Waals surface area (Å²) in [4.78, 5) is 0. The first-order chi connectivity index (χ1) is 7.00. The van der Waals surface area contributed by atoms with E-state index in [2.05, 4.69) is 13.8 Å². The molecule has 2 unspecified atom stereocenters. The van der Waals surface area contributed by atoms with Gasteiger partial charge >= 0.3 is 0 Å². The highest BCUT2D eigenvalue weighted by Crippen LogP contribution is 2.30. The Balaban J connectivity index is 4.35. The second-order valence-electron chi connectivity index (χ2n) is 4.60. The minimum atomic E-state index is -0.0122. The molecule has 0 rings (SSSR count). The maximum absolute atomic E-state index is 8.98. The Kier molecular flexibility index (Phi) is 7.14. The molecular weight excluding hydrogens is 192 g/mol. The summed E-state index contributed by atoms with van der Waals surface area (Å²) in [6, 6.07) is 0. The van der Waals surface area contributed by atoms with Crippen LogP contribution in [0.25, 0.3) is 0 Å². The molecule has 0 aromatic carbocycles. The molecule has 0 bridgehead atoms. The molecule has 0 saturated carbocycles. The van der Waals surface area contributed by atoms with Gasteiger partial charge in [0.05, 0.1) is 18.8 Å². The zero-order valence-corrected chi connectivity index (χ0v) is 10.7. The van der Waals surface area contributed by atoms with Crippen molar-refractivity contribution in [2.45, 2.75) is 52.7 Å². The lowest BCUT2D eigenvalue weighted by Crippen LogP contribution is -2.39. The third-order valence-corrected chi connectivity index (χ3v) is 3.01. The van der Waals surface area contributed by atoms with Crippen LogP contribution in [0, 0.1) is 5.41 Å². The molecule has 0 aliphatic carbocycles. The van der Waals surface area contributed by atoms with Crippen molar-refractivity contribution in [1.82, 2.24) is 0 Å². The topological polar surface area (TPSA) is 38.7 Å². The quantitative estimate of drug-likeness (QED) is 0.679. The van der Waals surface area contributed by atoms with Crippen molar-refractivity contribution >= 4 is 0 Å². The van der Waals surface area contributed by atoms with E-state index < -0.39 is 0 Å². The summed E-state index contributed by atoms with van der Waals surface area (Å²) in [5, 5.41) is 8.98. The number of hydrogen-bond donors (Lipinski definition) is 1. The van der Waals surface area contributed by atoms with Gasteiger partial charge in [-0.3, -0.25) is 0 Å². The molecule has 0 saturated heterocycles. The van der Waals surface area contributed by atoms with E-state index in [9.17, 15) is 0 Å². The van der Waals surface area contributed by atoms with Crippen LogP contribution in [-0.2, 0) is 9.47 Å². The van der Waals surface area contributed by atoms with Crippen LogP contribution in [0.1, 0.15) is 40.5 Å². The zero-order chi connectivity index (χ0) is 11.9. The van der Waals surface area contributed by atoms with Gasteiger partial charge < -0.3 is 14.6 Å². The molecule has 0 aliphatic rings. The summed E-state index contributed by atoms with van der Waals surface area (Å²) in [5.41, 5.74) is -0.0122. The van der Waals surface area contributed by atoms with Gasteiger partial charge in [0.15, 0.2) is 0 Å². The molecule has 0 heterocycles. The van der Waals surface area contributed by atoms with Gasteiger partial charge in [-0.1, -0.05) is 13.8 Å². The van der Waals surface area contributed by atoms with Gasteiger partial charge in [-0.05, 0) is 26.7 Å². The molecule has 1 N–H and O–H groups in total. The van der Waals surface area contributed by atoms with Crippen molar-refractivity contribution in [3.05, 3.63) is 0 Å². The lowest BCUT2D eigenvalue weighted by Gasteiger charge is -2.36. The lowest BCUT2D eigenvalue weighted by molar-refractivity contribution is -0.0782. The first kappa shape index (κ1) is 14.9. The van der Waals surface area contributed by atoms with Crippen LogP contribution >= 0.6 is 0 Å². The Morgan fingerprint density at radius 3 is 2.27 bits per heavy atom. The molecule has 0 aromatic rings. The highest BCUT2D eigenvalue weighted by atomic mass is 16.5. The second-order valence-corrected chi connectivity index (χ2v) is 4.60. The molecule has 3 nitrogen and oxygen atoms in total.